The number of ether oxygens (including phenoxy) is 1. The number of carbonyl (C=O) groups is 2. The van der Waals surface area contributed by atoms with E-state index in [4.69, 9.17) is 9.15 Å². The van der Waals surface area contributed by atoms with Gasteiger partial charge in [0, 0.05) is 17.6 Å². The molecule has 0 bridgehead atoms. The number of ketones is 2. The summed E-state index contributed by atoms with van der Waals surface area (Å²) < 4.78 is 11.0. The maximum absolute atomic E-state index is 12.5. The molecule has 0 N–H and O–H groups in total. The van der Waals surface area contributed by atoms with Crippen LogP contribution in [0, 0.1) is 6.92 Å². The molecule has 1 aliphatic carbocycles. The lowest BCUT2D eigenvalue weighted by molar-refractivity contribution is 0.0960. The summed E-state index contributed by atoms with van der Waals surface area (Å²) >= 11 is 0. The molecule has 0 spiro atoms. The fourth-order valence-corrected chi connectivity index (χ4v) is 3.01. The van der Waals surface area contributed by atoms with Crippen LogP contribution in [0.3, 0.4) is 0 Å². The van der Waals surface area contributed by atoms with Gasteiger partial charge < -0.3 is 9.15 Å². The summed E-state index contributed by atoms with van der Waals surface area (Å²) in [6.45, 7) is 3.82. The zero-order chi connectivity index (χ0) is 17.3. The zero-order valence-electron chi connectivity index (χ0n) is 14.1. The smallest absolute Gasteiger partial charge is 0.225 e. The van der Waals surface area contributed by atoms with Crippen molar-refractivity contribution in [1.29, 1.82) is 0 Å². The predicted molar refractivity (Wildman–Crippen MR) is 90.9 cm³/mol. The molecule has 2 aromatic rings. The third-order valence-electron chi connectivity index (χ3n) is 4.34. The van der Waals surface area contributed by atoms with Gasteiger partial charge in [-0.25, -0.2) is 0 Å². The van der Waals surface area contributed by atoms with Crippen LogP contribution in [0.2, 0.25) is 0 Å². The summed E-state index contributed by atoms with van der Waals surface area (Å²) in [6.07, 6.45) is 3.41. The minimum absolute atomic E-state index is 0.129. The molecule has 0 unspecified atom stereocenters. The maximum atomic E-state index is 12.5. The molecule has 1 aromatic carbocycles. The van der Waals surface area contributed by atoms with Crippen molar-refractivity contribution in [1.82, 2.24) is 0 Å². The number of methoxy groups -OCH3 is 1. The van der Waals surface area contributed by atoms with Crippen LogP contribution in [0.5, 0.6) is 5.75 Å². The molecule has 0 aliphatic heterocycles. The highest BCUT2D eigenvalue weighted by molar-refractivity contribution is 6.24. The highest BCUT2D eigenvalue weighted by Crippen LogP contribution is 2.31. The lowest BCUT2D eigenvalue weighted by Crippen LogP contribution is -2.15. The fraction of sp³-hybridized carbons (Fsp3) is 0.300. The van der Waals surface area contributed by atoms with E-state index in [1.54, 1.807) is 7.11 Å². The first kappa shape index (κ1) is 16.2. The van der Waals surface area contributed by atoms with Gasteiger partial charge in [-0.3, -0.25) is 9.59 Å². The molecule has 124 valence electrons. The van der Waals surface area contributed by atoms with Crippen molar-refractivity contribution >= 4 is 11.6 Å². The predicted octanol–water partition coefficient (Wildman–Crippen LogP) is 4.29. The normalized spacial score (nSPS) is 13.7. The average Bonchev–Trinajstić information content (AvgIpc) is 2.91. The standard InChI is InChI=1S/C20H20O4/c1-4-5-14-11-16(21)18-12(2)17(24-20(18)19(14)22)10-13-6-8-15(23-3)9-7-13/h6-9,11H,4-5,10H2,1-3H3. The zero-order valence-corrected chi connectivity index (χ0v) is 14.1. The van der Waals surface area contributed by atoms with Crippen molar-refractivity contribution in [2.45, 2.75) is 33.1 Å². The van der Waals surface area contributed by atoms with Gasteiger partial charge in [-0.1, -0.05) is 25.5 Å². The van der Waals surface area contributed by atoms with Crippen LogP contribution in [0.15, 0.2) is 40.3 Å². The molecule has 1 heterocycles. The molecule has 0 saturated carbocycles. The molecule has 0 radical (unpaired) electrons. The maximum Gasteiger partial charge on any atom is 0.225 e. The molecule has 0 saturated heterocycles. The number of hydrogen-bond donors (Lipinski definition) is 0. The first-order valence-electron chi connectivity index (χ1n) is 8.10. The fourth-order valence-electron chi connectivity index (χ4n) is 3.01. The van der Waals surface area contributed by atoms with Gasteiger partial charge in [-0.15, -0.1) is 0 Å². The number of hydrogen-bond acceptors (Lipinski definition) is 4. The van der Waals surface area contributed by atoms with Crippen molar-refractivity contribution in [3.63, 3.8) is 0 Å². The van der Waals surface area contributed by atoms with Crippen LogP contribution in [-0.2, 0) is 6.42 Å². The summed E-state index contributed by atoms with van der Waals surface area (Å²) in [5.74, 6) is 1.36. The molecule has 0 atom stereocenters. The third kappa shape index (κ3) is 2.80. The SMILES string of the molecule is CCCC1=CC(=O)c2c(oc(Cc3ccc(OC)cc3)c2C)C1=O. The molecule has 3 rings (SSSR count). The van der Waals surface area contributed by atoms with Gasteiger partial charge in [-0.2, -0.15) is 0 Å². The highest BCUT2D eigenvalue weighted by Gasteiger charge is 2.32. The largest absolute Gasteiger partial charge is 0.497 e. The van der Waals surface area contributed by atoms with E-state index in [2.05, 4.69) is 0 Å². The van der Waals surface area contributed by atoms with Crippen LogP contribution in [0.4, 0.5) is 0 Å². The van der Waals surface area contributed by atoms with Gasteiger partial charge in [0.15, 0.2) is 11.5 Å². The van der Waals surface area contributed by atoms with Gasteiger partial charge in [0.2, 0.25) is 5.78 Å². The minimum Gasteiger partial charge on any atom is -0.497 e. The van der Waals surface area contributed by atoms with Crippen molar-refractivity contribution < 1.29 is 18.7 Å². The minimum atomic E-state index is -0.157. The molecule has 1 aliphatic rings. The van der Waals surface area contributed by atoms with E-state index in [0.29, 0.717) is 29.7 Å². The van der Waals surface area contributed by atoms with E-state index >= 15 is 0 Å². The molecule has 4 nitrogen and oxygen atoms in total. The molecule has 1 aromatic heterocycles. The van der Waals surface area contributed by atoms with Crippen molar-refractivity contribution in [2.75, 3.05) is 7.11 Å². The first-order chi connectivity index (χ1) is 11.5. The van der Waals surface area contributed by atoms with Gasteiger partial charge in [0.1, 0.15) is 11.5 Å². The van der Waals surface area contributed by atoms with Crippen molar-refractivity contribution in [2.24, 2.45) is 0 Å². The summed E-state index contributed by atoms with van der Waals surface area (Å²) in [6, 6.07) is 7.66. The second-order valence-corrected chi connectivity index (χ2v) is 5.99. The Balaban J connectivity index is 1.93. The third-order valence-corrected chi connectivity index (χ3v) is 4.34. The molecule has 0 fully saturated rings. The number of benzene rings is 1. The molecular formula is C20H20O4. The van der Waals surface area contributed by atoms with Gasteiger partial charge >= 0.3 is 0 Å². The second-order valence-electron chi connectivity index (χ2n) is 5.99. The van der Waals surface area contributed by atoms with Crippen LogP contribution >= 0.6 is 0 Å². The number of furan rings is 1. The van der Waals surface area contributed by atoms with E-state index in [0.717, 1.165) is 23.3 Å². The Morgan fingerprint density at radius 3 is 2.46 bits per heavy atom. The van der Waals surface area contributed by atoms with E-state index in [9.17, 15) is 9.59 Å². The van der Waals surface area contributed by atoms with Gasteiger partial charge in [0.05, 0.1) is 12.7 Å². The summed E-state index contributed by atoms with van der Waals surface area (Å²) in [5, 5.41) is 0. The molecule has 0 amide bonds. The average molecular weight is 324 g/mol. The number of allylic oxidation sites excluding steroid dienone is 2. The Morgan fingerprint density at radius 2 is 1.83 bits per heavy atom. The summed E-state index contributed by atoms with van der Waals surface area (Å²) in [7, 11) is 1.62. The van der Waals surface area contributed by atoms with Crippen LogP contribution in [-0.4, -0.2) is 18.7 Å². The Hall–Kier alpha value is -2.62. The van der Waals surface area contributed by atoms with E-state index in [1.165, 1.54) is 6.08 Å². The Kier molecular flexibility index (Phi) is 4.38. The topological polar surface area (TPSA) is 56.5 Å². The molecule has 24 heavy (non-hydrogen) atoms. The van der Waals surface area contributed by atoms with E-state index < -0.39 is 0 Å². The van der Waals surface area contributed by atoms with Crippen molar-refractivity contribution in [3.8, 4) is 5.75 Å². The second kappa shape index (κ2) is 6.48. The lowest BCUT2D eigenvalue weighted by atomic mass is 9.90. The van der Waals surface area contributed by atoms with E-state index in [-0.39, 0.29) is 17.3 Å². The summed E-state index contributed by atoms with van der Waals surface area (Å²) in [5.41, 5.74) is 2.75. The lowest BCUT2D eigenvalue weighted by Gasteiger charge is -2.09. The first-order valence-corrected chi connectivity index (χ1v) is 8.10. The quantitative estimate of drug-likeness (QED) is 0.823. The number of rotatable bonds is 5. The van der Waals surface area contributed by atoms with Crippen LogP contribution in [0.25, 0.3) is 0 Å². The Morgan fingerprint density at radius 1 is 1.12 bits per heavy atom. The Bertz CT molecular complexity index is 822. The molecular weight excluding hydrogens is 304 g/mol. The van der Waals surface area contributed by atoms with Gasteiger partial charge in [-0.05, 0) is 37.1 Å². The highest BCUT2D eigenvalue weighted by atomic mass is 16.5. The van der Waals surface area contributed by atoms with Crippen LogP contribution in [0.1, 0.15) is 57.6 Å². The Labute approximate surface area is 141 Å². The van der Waals surface area contributed by atoms with Gasteiger partial charge in [0.25, 0.3) is 0 Å². The number of carbonyl (C=O) groups excluding carboxylic acids is 2. The van der Waals surface area contributed by atoms with Crippen molar-refractivity contribution in [3.05, 3.63) is 64.1 Å². The monoisotopic (exact) mass is 324 g/mol. The van der Waals surface area contributed by atoms with E-state index in [1.807, 2.05) is 38.1 Å². The number of fused-ring (bicyclic) bond motifs is 1. The summed E-state index contributed by atoms with van der Waals surface area (Å²) in [4.78, 5) is 24.9. The molecule has 4 heteroatoms. The number of Topliss-reactive ketones (excluding diaryl/α,β-unsaturated/α-hetero) is 1. The van der Waals surface area contributed by atoms with Crippen LogP contribution < -0.4 is 4.74 Å².